The van der Waals surface area contributed by atoms with E-state index < -0.39 is 0 Å². The van der Waals surface area contributed by atoms with Gasteiger partial charge in [0, 0.05) is 32.3 Å². The molecule has 33 heavy (non-hydrogen) atoms. The van der Waals surface area contributed by atoms with Crippen molar-refractivity contribution >= 4 is 29.3 Å². The van der Waals surface area contributed by atoms with Crippen LogP contribution >= 0.6 is 12.2 Å². The molecule has 0 aliphatic carbocycles. The minimum absolute atomic E-state index is 0.177. The Bertz CT molecular complexity index is 1060. The van der Waals surface area contributed by atoms with E-state index in [1.54, 1.807) is 18.2 Å². The zero-order valence-corrected chi connectivity index (χ0v) is 19.0. The molecule has 1 amide bonds. The second-order valence-electron chi connectivity index (χ2n) is 7.93. The number of rotatable bonds is 5. The zero-order chi connectivity index (χ0) is 23.0. The SMILES string of the molecule is O=C(C=Cc1ccc(F)cc1)NC(=S)N1CCN(C(c2ccccc2)c2ccccc2)CC1. The highest BCUT2D eigenvalue weighted by Gasteiger charge is 2.27. The highest BCUT2D eigenvalue weighted by Crippen LogP contribution is 2.29. The number of halogens is 1. The third kappa shape index (κ3) is 6.12. The number of amides is 1. The fourth-order valence-electron chi connectivity index (χ4n) is 4.04. The Labute approximate surface area is 199 Å². The Hall–Kier alpha value is -3.35. The molecule has 1 N–H and O–H groups in total. The average molecular weight is 460 g/mol. The van der Waals surface area contributed by atoms with Crippen LogP contribution in [0.5, 0.6) is 0 Å². The Morgan fingerprint density at radius 3 is 1.94 bits per heavy atom. The summed E-state index contributed by atoms with van der Waals surface area (Å²) in [6.45, 7) is 3.12. The third-order valence-corrected chi connectivity index (χ3v) is 6.08. The van der Waals surface area contributed by atoms with E-state index in [1.165, 1.54) is 29.3 Å². The van der Waals surface area contributed by atoms with E-state index >= 15 is 0 Å². The monoisotopic (exact) mass is 459 g/mol. The van der Waals surface area contributed by atoms with Gasteiger partial charge in [-0.05, 0) is 47.1 Å². The van der Waals surface area contributed by atoms with Crippen LogP contribution in [0.25, 0.3) is 6.08 Å². The van der Waals surface area contributed by atoms with Crippen molar-refractivity contribution in [1.82, 2.24) is 15.1 Å². The predicted octanol–water partition coefficient (Wildman–Crippen LogP) is 4.65. The first-order valence-electron chi connectivity index (χ1n) is 11.0. The van der Waals surface area contributed by atoms with Crippen molar-refractivity contribution in [2.45, 2.75) is 6.04 Å². The molecule has 1 fully saturated rings. The first-order chi connectivity index (χ1) is 16.1. The lowest BCUT2D eigenvalue weighted by molar-refractivity contribution is -0.115. The fraction of sp³-hybridized carbons (Fsp3) is 0.185. The first-order valence-corrected chi connectivity index (χ1v) is 11.4. The average Bonchev–Trinajstić information content (AvgIpc) is 2.85. The normalized spacial score (nSPS) is 14.5. The molecule has 3 aromatic carbocycles. The number of thiocarbonyl (C=S) groups is 1. The molecule has 6 heteroatoms. The lowest BCUT2D eigenvalue weighted by Gasteiger charge is -2.40. The molecule has 0 spiro atoms. The molecule has 0 atom stereocenters. The van der Waals surface area contributed by atoms with Crippen LogP contribution in [0.4, 0.5) is 4.39 Å². The van der Waals surface area contributed by atoms with Crippen LogP contribution in [0, 0.1) is 5.82 Å². The van der Waals surface area contributed by atoms with Gasteiger partial charge in [-0.2, -0.15) is 0 Å². The van der Waals surface area contributed by atoms with Crippen LogP contribution in [0.2, 0.25) is 0 Å². The van der Waals surface area contributed by atoms with E-state index in [9.17, 15) is 9.18 Å². The molecular formula is C27H26FN3OS. The molecule has 1 saturated heterocycles. The molecule has 3 aromatic rings. The lowest BCUT2D eigenvalue weighted by Crippen LogP contribution is -2.53. The Balaban J connectivity index is 1.35. The van der Waals surface area contributed by atoms with Crippen molar-refractivity contribution in [2.75, 3.05) is 26.2 Å². The van der Waals surface area contributed by atoms with Gasteiger partial charge in [-0.3, -0.25) is 15.0 Å². The summed E-state index contributed by atoms with van der Waals surface area (Å²) in [5, 5.41) is 3.21. The molecule has 0 aromatic heterocycles. The van der Waals surface area contributed by atoms with Gasteiger partial charge in [0.1, 0.15) is 5.82 Å². The quantitative estimate of drug-likeness (QED) is 0.445. The summed E-state index contributed by atoms with van der Waals surface area (Å²) in [4.78, 5) is 16.8. The summed E-state index contributed by atoms with van der Waals surface area (Å²) in [6, 6.07) is 27.2. The summed E-state index contributed by atoms with van der Waals surface area (Å²) in [5.41, 5.74) is 3.27. The van der Waals surface area contributed by atoms with E-state index in [-0.39, 0.29) is 17.8 Å². The van der Waals surface area contributed by atoms with Crippen LogP contribution in [0.15, 0.2) is 91.0 Å². The number of carbonyl (C=O) groups is 1. The first kappa shape index (κ1) is 22.8. The van der Waals surface area contributed by atoms with Crippen molar-refractivity contribution in [3.63, 3.8) is 0 Å². The third-order valence-electron chi connectivity index (χ3n) is 5.72. The number of hydrogen-bond acceptors (Lipinski definition) is 3. The van der Waals surface area contributed by atoms with Crippen LogP contribution in [-0.4, -0.2) is 47.0 Å². The number of benzene rings is 3. The van der Waals surface area contributed by atoms with E-state index in [0.29, 0.717) is 5.11 Å². The summed E-state index contributed by atoms with van der Waals surface area (Å²) < 4.78 is 13.0. The van der Waals surface area contributed by atoms with Crippen molar-refractivity contribution in [3.05, 3.63) is 114 Å². The van der Waals surface area contributed by atoms with Crippen LogP contribution in [0.3, 0.4) is 0 Å². The molecule has 0 radical (unpaired) electrons. The van der Waals surface area contributed by atoms with Gasteiger partial charge in [-0.15, -0.1) is 0 Å². The molecule has 4 nitrogen and oxygen atoms in total. The van der Waals surface area contributed by atoms with Crippen molar-refractivity contribution in [2.24, 2.45) is 0 Å². The van der Waals surface area contributed by atoms with Gasteiger partial charge >= 0.3 is 0 Å². The van der Waals surface area contributed by atoms with Gasteiger partial charge in [0.25, 0.3) is 0 Å². The minimum Gasteiger partial charge on any atom is -0.346 e. The van der Waals surface area contributed by atoms with Gasteiger partial charge in [-0.25, -0.2) is 4.39 Å². The number of piperazine rings is 1. The maximum absolute atomic E-state index is 13.0. The molecule has 0 saturated carbocycles. The van der Waals surface area contributed by atoms with Gasteiger partial charge in [0.15, 0.2) is 5.11 Å². The standard InChI is InChI=1S/C27H26FN3OS/c28-24-14-11-21(12-15-24)13-16-25(32)29-27(33)31-19-17-30(18-20-31)26(22-7-3-1-4-8-22)23-9-5-2-6-10-23/h1-16,26H,17-20H2,(H,29,32,33). The predicted molar refractivity (Wildman–Crippen MR) is 134 cm³/mol. The van der Waals surface area contributed by atoms with Gasteiger partial charge in [0.2, 0.25) is 5.91 Å². The summed E-state index contributed by atoms with van der Waals surface area (Å²) in [7, 11) is 0. The number of hydrogen-bond donors (Lipinski definition) is 1. The second kappa shape index (κ2) is 11.0. The van der Waals surface area contributed by atoms with Crippen molar-refractivity contribution in [3.8, 4) is 0 Å². The maximum atomic E-state index is 13.0. The molecule has 1 heterocycles. The van der Waals surface area contributed by atoms with Crippen LogP contribution in [-0.2, 0) is 4.79 Å². The van der Waals surface area contributed by atoms with Crippen molar-refractivity contribution < 1.29 is 9.18 Å². The number of nitrogens with one attached hydrogen (secondary N) is 1. The minimum atomic E-state index is -0.307. The maximum Gasteiger partial charge on any atom is 0.250 e. The summed E-state index contributed by atoms with van der Waals surface area (Å²) in [6.07, 6.45) is 3.05. The van der Waals surface area contributed by atoms with E-state index in [4.69, 9.17) is 12.2 Å². The van der Waals surface area contributed by atoms with Gasteiger partial charge in [0.05, 0.1) is 6.04 Å². The topological polar surface area (TPSA) is 35.6 Å². The zero-order valence-electron chi connectivity index (χ0n) is 18.2. The second-order valence-corrected chi connectivity index (χ2v) is 8.31. The summed E-state index contributed by atoms with van der Waals surface area (Å²) in [5.74, 6) is -0.600. The molecule has 4 rings (SSSR count). The molecular weight excluding hydrogens is 433 g/mol. The Morgan fingerprint density at radius 1 is 0.848 bits per heavy atom. The smallest absolute Gasteiger partial charge is 0.250 e. The number of carbonyl (C=O) groups excluding carboxylic acids is 1. The molecule has 0 unspecified atom stereocenters. The van der Waals surface area contributed by atoms with E-state index in [1.807, 2.05) is 17.0 Å². The molecule has 0 bridgehead atoms. The molecule has 1 aliphatic rings. The van der Waals surface area contributed by atoms with Crippen molar-refractivity contribution in [1.29, 1.82) is 0 Å². The highest BCUT2D eigenvalue weighted by atomic mass is 32.1. The Morgan fingerprint density at radius 2 is 1.39 bits per heavy atom. The summed E-state index contributed by atoms with van der Waals surface area (Å²) >= 11 is 5.48. The van der Waals surface area contributed by atoms with Crippen LogP contribution in [0.1, 0.15) is 22.7 Å². The van der Waals surface area contributed by atoms with Gasteiger partial charge < -0.3 is 4.90 Å². The van der Waals surface area contributed by atoms with Gasteiger partial charge in [-0.1, -0.05) is 72.8 Å². The van der Waals surface area contributed by atoms with Crippen LogP contribution < -0.4 is 5.32 Å². The van der Waals surface area contributed by atoms with E-state index in [2.05, 4.69) is 58.7 Å². The number of nitrogens with zero attached hydrogens (tertiary/aromatic N) is 2. The Kier molecular flexibility index (Phi) is 7.60. The highest BCUT2D eigenvalue weighted by molar-refractivity contribution is 7.80. The lowest BCUT2D eigenvalue weighted by atomic mass is 9.96. The fourth-order valence-corrected chi connectivity index (χ4v) is 4.32. The molecule has 168 valence electrons. The largest absolute Gasteiger partial charge is 0.346 e. The molecule has 1 aliphatic heterocycles. The van der Waals surface area contributed by atoms with E-state index in [0.717, 1.165) is 31.7 Å².